The van der Waals surface area contributed by atoms with Gasteiger partial charge in [0, 0.05) is 25.7 Å². The van der Waals surface area contributed by atoms with Gasteiger partial charge in [0.25, 0.3) is 0 Å². The van der Waals surface area contributed by atoms with E-state index in [0.29, 0.717) is 19.5 Å². The number of nitrogens with one attached hydrogen (secondary N) is 1. The highest BCUT2D eigenvalue weighted by molar-refractivity contribution is 5.88. The van der Waals surface area contributed by atoms with Crippen molar-refractivity contribution in [2.45, 2.75) is 18.1 Å². The fourth-order valence-corrected chi connectivity index (χ4v) is 3.28. The van der Waals surface area contributed by atoms with Crippen LogP contribution in [0, 0.1) is 0 Å². The molecule has 2 aromatic heterocycles. The van der Waals surface area contributed by atoms with Gasteiger partial charge in [-0.25, -0.2) is 4.98 Å². The van der Waals surface area contributed by atoms with Gasteiger partial charge in [0.05, 0.1) is 17.1 Å². The van der Waals surface area contributed by atoms with Gasteiger partial charge in [-0.05, 0) is 11.6 Å². The van der Waals surface area contributed by atoms with Crippen molar-refractivity contribution in [2.24, 2.45) is 0 Å². The first-order chi connectivity index (χ1) is 11.2. The number of rotatable bonds is 2. The largest absolute Gasteiger partial charge is 0.388 e. The molecule has 1 aliphatic heterocycles. The van der Waals surface area contributed by atoms with Crippen molar-refractivity contribution in [2.75, 3.05) is 18.0 Å². The van der Waals surface area contributed by atoms with Crippen molar-refractivity contribution in [3.8, 4) is 0 Å². The van der Waals surface area contributed by atoms with Crippen LogP contribution >= 0.6 is 0 Å². The summed E-state index contributed by atoms with van der Waals surface area (Å²) in [5.74, 6) is 0.783. The third-order valence-corrected chi connectivity index (χ3v) is 4.63. The minimum absolute atomic E-state index is 0.322. The summed E-state index contributed by atoms with van der Waals surface area (Å²) in [5.41, 5.74) is 0.442. The van der Waals surface area contributed by atoms with Gasteiger partial charge in [-0.3, -0.25) is 5.10 Å². The first-order valence-corrected chi connectivity index (χ1v) is 7.67. The fraction of sp³-hybridized carbons (Fsp3) is 0.294. The summed E-state index contributed by atoms with van der Waals surface area (Å²) >= 11 is 0. The summed E-state index contributed by atoms with van der Waals surface area (Å²) in [7, 11) is 0. The van der Waals surface area contributed by atoms with E-state index in [0.717, 1.165) is 22.3 Å². The van der Waals surface area contributed by atoms with E-state index in [2.05, 4.69) is 15.2 Å². The van der Waals surface area contributed by atoms with Gasteiger partial charge >= 0.3 is 0 Å². The highest BCUT2D eigenvalue weighted by Gasteiger charge is 2.42. The van der Waals surface area contributed by atoms with Gasteiger partial charge in [-0.15, -0.1) is 0 Å². The van der Waals surface area contributed by atoms with Crippen molar-refractivity contribution < 1.29 is 10.2 Å². The van der Waals surface area contributed by atoms with E-state index in [4.69, 9.17) is 0 Å². The van der Waals surface area contributed by atoms with E-state index in [1.54, 1.807) is 12.4 Å². The Labute approximate surface area is 133 Å². The van der Waals surface area contributed by atoms with Crippen LogP contribution in [0.2, 0.25) is 0 Å². The zero-order valence-electron chi connectivity index (χ0n) is 12.6. The van der Waals surface area contributed by atoms with E-state index >= 15 is 0 Å². The Balaban J connectivity index is 1.64. The van der Waals surface area contributed by atoms with Crippen LogP contribution in [0.3, 0.4) is 0 Å². The molecule has 0 amide bonds. The molecular formula is C17H18N4O2. The maximum atomic E-state index is 10.9. The van der Waals surface area contributed by atoms with E-state index in [-0.39, 0.29) is 0 Å². The van der Waals surface area contributed by atoms with Crippen LogP contribution in [0.1, 0.15) is 12.0 Å². The molecule has 23 heavy (non-hydrogen) atoms. The fourth-order valence-electron chi connectivity index (χ4n) is 3.28. The topological polar surface area (TPSA) is 85.3 Å². The summed E-state index contributed by atoms with van der Waals surface area (Å²) in [6.07, 6.45) is 3.01. The number of nitrogens with zero attached hydrogens (tertiary/aromatic N) is 3. The van der Waals surface area contributed by atoms with E-state index < -0.39 is 11.7 Å². The average Bonchev–Trinajstić information content (AvgIpc) is 3.07. The summed E-state index contributed by atoms with van der Waals surface area (Å²) in [6, 6.07) is 11.2. The zero-order chi connectivity index (χ0) is 15.9. The van der Waals surface area contributed by atoms with E-state index in [1.807, 2.05) is 41.3 Å². The monoisotopic (exact) mass is 310 g/mol. The van der Waals surface area contributed by atoms with Gasteiger partial charge in [-0.2, -0.15) is 5.10 Å². The highest BCUT2D eigenvalue weighted by Crippen LogP contribution is 2.35. The summed E-state index contributed by atoms with van der Waals surface area (Å²) in [6.45, 7) is 0.933. The minimum atomic E-state index is -1.22. The summed E-state index contributed by atoms with van der Waals surface area (Å²) in [4.78, 5) is 6.43. The van der Waals surface area contributed by atoms with Gasteiger partial charge in [0.2, 0.25) is 0 Å². The maximum Gasteiger partial charge on any atom is 0.139 e. The molecule has 118 valence electrons. The molecule has 0 saturated carbocycles. The Hall–Kier alpha value is -2.44. The number of pyridine rings is 1. The number of aromatic nitrogens is 3. The molecule has 3 heterocycles. The molecule has 3 N–H and O–H groups in total. The normalized spacial score (nSPS) is 25.0. The van der Waals surface area contributed by atoms with Gasteiger partial charge in [0.15, 0.2) is 0 Å². The van der Waals surface area contributed by atoms with Crippen molar-refractivity contribution >= 4 is 16.7 Å². The Kier molecular flexibility index (Phi) is 3.28. The Morgan fingerprint density at radius 2 is 2.04 bits per heavy atom. The number of H-pyrrole nitrogens is 1. The second-order valence-electron chi connectivity index (χ2n) is 5.97. The number of aliphatic hydroxyl groups is 2. The Bertz CT molecular complexity index is 820. The number of aliphatic hydroxyl groups excluding tert-OH is 1. The molecule has 1 aromatic carbocycles. The predicted molar refractivity (Wildman–Crippen MR) is 87.1 cm³/mol. The number of anilines is 1. The van der Waals surface area contributed by atoms with Crippen molar-refractivity contribution in [1.29, 1.82) is 0 Å². The van der Waals surface area contributed by atoms with E-state index in [1.165, 1.54) is 0 Å². The van der Waals surface area contributed by atoms with Crippen LogP contribution in [-0.4, -0.2) is 44.6 Å². The molecule has 0 spiro atoms. The lowest BCUT2D eigenvalue weighted by molar-refractivity contribution is -0.0917. The van der Waals surface area contributed by atoms with Crippen LogP contribution in [0.5, 0.6) is 0 Å². The Morgan fingerprint density at radius 3 is 2.83 bits per heavy atom. The number of piperidine rings is 1. The summed E-state index contributed by atoms with van der Waals surface area (Å²) < 4.78 is 0. The molecule has 1 aliphatic rings. The third-order valence-electron chi connectivity index (χ3n) is 4.63. The average molecular weight is 310 g/mol. The SMILES string of the molecule is O[C@H]1CN(c2nccc3[nH]ncc23)CC[C@]1(O)c1ccccc1. The van der Waals surface area contributed by atoms with Crippen molar-refractivity contribution in [3.63, 3.8) is 0 Å². The molecule has 4 rings (SSSR count). The standard InChI is InChI=1S/C17H18N4O2/c22-15-11-21(16-13-10-19-20-14(13)6-8-18-16)9-7-17(15,23)12-4-2-1-3-5-12/h1-6,8,10,15,22-23H,7,9,11H2,(H,19,20)/t15-,17-/m0/s1. The lowest BCUT2D eigenvalue weighted by Gasteiger charge is -2.43. The summed E-state index contributed by atoms with van der Waals surface area (Å²) in [5, 5.41) is 29.4. The number of β-amino-alcohol motifs (C(OH)–C–C–N with tert-alkyl or cyclic N) is 1. The Morgan fingerprint density at radius 1 is 1.22 bits per heavy atom. The van der Waals surface area contributed by atoms with Crippen molar-refractivity contribution in [3.05, 3.63) is 54.4 Å². The van der Waals surface area contributed by atoms with Crippen LogP contribution in [0.25, 0.3) is 10.9 Å². The smallest absolute Gasteiger partial charge is 0.139 e. The van der Waals surface area contributed by atoms with Crippen LogP contribution in [-0.2, 0) is 5.60 Å². The molecule has 1 saturated heterocycles. The molecule has 1 fully saturated rings. The van der Waals surface area contributed by atoms with Crippen molar-refractivity contribution in [1.82, 2.24) is 15.2 Å². The molecule has 0 radical (unpaired) electrons. The lowest BCUT2D eigenvalue weighted by Crippen LogP contribution is -2.53. The quantitative estimate of drug-likeness (QED) is 0.666. The second-order valence-corrected chi connectivity index (χ2v) is 5.97. The molecular weight excluding hydrogens is 292 g/mol. The lowest BCUT2D eigenvalue weighted by atomic mass is 9.82. The number of hydrogen-bond acceptors (Lipinski definition) is 5. The van der Waals surface area contributed by atoms with Gasteiger partial charge in [0.1, 0.15) is 17.5 Å². The molecule has 0 aliphatic carbocycles. The number of benzene rings is 1. The van der Waals surface area contributed by atoms with Crippen LogP contribution in [0.4, 0.5) is 5.82 Å². The molecule has 0 bridgehead atoms. The predicted octanol–water partition coefficient (Wildman–Crippen LogP) is 1.42. The third kappa shape index (κ3) is 2.27. The molecule has 2 atom stereocenters. The van der Waals surface area contributed by atoms with Gasteiger partial charge in [-0.1, -0.05) is 30.3 Å². The maximum absolute atomic E-state index is 10.9. The first kappa shape index (κ1) is 14.2. The molecule has 0 unspecified atom stereocenters. The molecule has 6 nitrogen and oxygen atoms in total. The second kappa shape index (κ2) is 5.33. The zero-order valence-corrected chi connectivity index (χ0v) is 12.6. The molecule has 6 heteroatoms. The minimum Gasteiger partial charge on any atom is -0.388 e. The van der Waals surface area contributed by atoms with E-state index in [9.17, 15) is 10.2 Å². The van der Waals surface area contributed by atoms with Gasteiger partial charge < -0.3 is 15.1 Å². The number of fused-ring (bicyclic) bond motifs is 1. The highest BCUT2D eigenvalue weighted by atomic mass is 16.3. The van der Waals surface area contributed by atoms with Crippen LogP contribution in [0.15, 0.2) is 48.8 Å². The van der Waals surface area contributed by atoms with Crippen LogP contribution < -0.4 is 4.90 Å². The first-order valence-electron chi connectivity index (χ1n) is 7.67. The number of hydrogen-bond donors (Lipinski definition) is 3. The molecule has 3 aromatic rings. The number of aromatic amines is 1.